The van der Waals surface area contributed by atoms with Gasteiger partial charge in [0.1, 0.15) is 5.69 Å². The van der Waals surface area contributed by atoms with Crippen LogP contribution in [0.4, 0.5) is 11.4 Å². The number of anilines is 1. The summed E-state index contributed by atoms with van der Waals surface area (Å²) in [6.07, 6.45) is 2.11. The van der Waals surface area contributed by atoms with Crippen LogP contribution in [0.2, 0.25) is 0 Å². The highest BCUT2D eigenvalue weighted by Crippen LogP contribution is 2.29. The van der Waals surface area contributed by atoms with Gasteiger partial charge in [0.2, 0.25) is 0 Å². The van der Waals surface area contributed by atoms with Crippen LogP contribution in [0.3, 0.4) is 0 Å². The van der Waals surface area contributed by atoms with E-state index in [1.54, 1.807) is 12.1 Å². The fraction of sp³-hybridized carbons (Fsp3) is 0.333. The summed E-state index contributed by atoms with van der Waals surface area (Å²) < 4.78 is 0.840. The lowest BCUT2D eigenvalue weighted by Gasteiger charge is -2.33. The summed E-state index contributed by atoms with van der Waals surface area (Å²) in [7, 11) is 0. The molecule has 1 aliphatic heterocycles. The van der Waals surface area contributed by atoms with Gasteiger partial charge in [0, 0.05) is 29.7 Å². The van der Waals surface area contributed by atoms with Gasteiger partial charge in [0.05, 0.1) is 4.92 Å². The van der Waals surface area contributed by atoms with E-state index in [4.69, 9.17) is 0 Å². The SMILES string of the molecule is O=[N+]([O-])c1ccc(Br)cc1NC1CCCN(Cc2ccccc2)C1. The molecule has 1 fully saturated rings. The van der Waals surface area contributed by atoms with Gasteiger partial charge in [-0.15, -0.1) is 0 Å². The first-order valence-corrected chi connectivity index (χ1v) is 8.88. The summed E-state index contributed by atoms with van der Waals surface area (Å²) in [5, 5.41) is 14.6. The summed E-state index contributed by atoms with van der Waals surface area (Å²) in [6, 6.07) is 15.6. The van der Waals surface area contributed by atoms with Gasteiger partial charge in [0.15, 0.2) is 0 Å². The van der Waals surface area contributed by atoms with E-state index in [0.717, 1.165) is 36.9 Å². The van der Waals surface area contributed by atoms with Crippen LogP contribution in [-0.4, -0.2) is 29.0 Å². The van der Waals surface area contributed by atoms with Gasteiger partial charge >= 0.3 is 0 Å². The number of hydrogen-bond acceptors (Lipinski definition) is 4. The predicted octanol–water partition coefficient (Wildman–Crippen LogP) is 4.43. The van der Waals surface area contributed by atoms with Crippen molar-refractivity contribution in [3.63, 3.8) is 0 Å². The fourth-order valence-electron chi connectivity index (χ4n) is 3.16. The van der Waals surface area contributed by atoms with Gasteiger partial charge < -0.3 is 5.32 Å². The van der Waals surface area contributed by atoms with Crippen LogP contribution in [0.1, 0.15) is 18.4 Å². The molecule has 0 radical (unpaired) electrons. The second kappa shape index (κ2) is 7.77. The first kappa shape index (κ1) is 16.9. The normalized spacial score (nSPS) is 18.3. The molecule has 0 spiro atoms. The van der Waals surface area contributed by atoms with E-state index in [9.17, 15) is 10.1 Å². The Morgan fingerprint density at radius 1 is 1.25 bits per heavy atom. The molecule has 6 heteroatoms. The molecule has 24 heavy (non-hydrogen) atoms. The van der Waals surface area contributed by atoms with Crippen molar-refractivity contribution in [3.05, 3.63) is 68.7 Å². The van der Waals surface area contributed by atoms with Gasteiger partial charge in [-0.3, -0.25) is 15.0 Å². The highest BCUT2D eigenvalue weighted by molar-refractivity contribution is 9.10. The number of benzene rings is 2. The maximum Gasteiger partial charge on any atom is 0.292 e. The van der Waals surface area contributed by atoms with Crippen LogP contribution >= 0.6 is 15.9 Å². The Balaban J connectivity index is 1.67. The van der Waals surface area contributed by atoms with Gasteiger partial charge in [0.25, 0.3) is 5.69 Å². The molecule has 1 aliphatic rings. The molecule has 1 unspecified atom stereocenters. The Hall–Kier alpha value is -1.92. The van der Waals surface area contributed by atoms with Crippen LogP contribution in [0.15, 0.2) is 53.0 Å². The summed E-state index contributed by atoms with van der Waals surface area (Å²) in [6.45, 7) is 2.87. The highest BCUT2D eigenvalue weighted by Gasteiger charge is 2.23. The number of piperidine rings is 1. The van der Waals surface area contributed by atoms with Gasteiger partial charge in [-0.25, -0.2) is 0 Å². The van der Waals surface area contributed by atoms with Crippen LogP contribution in [0.25, 0.3) is 0 Å². The quantitative estimate of drug-likeness (QED) is 0.606. The maximum atomic E-state index is 11.2. The molecule has 5 nitrogen and oxygen atoms in total. The first-order valence-electron chi connectivity index (χ1n) is 8.08. The molecule has 0 saturated carbocycles. The summed E-state index contributed by atoms with van der Waals surface area (Å²) >= 11 is 3.39. The molecular formula is C18H20BrN3O2. The number of halogens is 1. The summed E-state index contributed by atoms with van der Waals surface area (Å²) in [5.41, 5.74) is 2.01. The predicted molar refractivity (Wildman–Crippen MR) is 99.2 cm³/mol. The van der Waals surface area contributed by atoms with Crippen molar-refractivity contribution in [2.45, 2.75) is 25.4 Å². The first-order chi connectivity index (χ1) is 11.6. The lowest BCUT2D eigenvalue weighted by Crippen LogP contribution is -2.41. The molecule has 126 valence electrons. The van der Waals surface area contributed by atoms with Crippen molar-refractivity contribution in [2.24, 2.45) is 0 Å². The van der Waals surface area contributed by atoms with E-state index in [1.165, 1.54) is 11.6 Å². The molecule has 0 aliphatic carbocycles. The Kier molecular flexibility index (Phi) is 5.48. The number of nitro benzene ring substituents is 1. The second-order valence-corrected chi connectivity index (χ2v) is 7.04. The van der Waals surface area contributed by atoms with Gasteiger partial charge in [-0.05, 0) is 37.1 Å². The molecule has 3 rings (SSSR count). The van der Waals surface area contributed by atoms with Crippen LogP contribution < -0.4 is 5.32 Å². The van der Waals surface area contributed by atoms with Gasteiger partial charge in [-0.2, -0.15) is 0 Å². The smallest absolute Gasteiger partial charge is 0.292 e. The summed E-state index contributed by atoms with van der Waals surface area (Å²) in [5.74, 6) is 0. The monoisotopic (exact) mass is 389 g/mol. The zero-order valence-corrected chi connectivity index (χ0v) is 14.9. The molecule has 1 saturated heterocycles. The minimum Gasteiger partial charge on any atom is -0.375 e. The standard InChI is InChI=1S/C18H20BrN3O2/c19-15-8-9-18(22(23)24)17(11-15)20-16-7-4-10-21(13-16)12-14-5-2-1-3-6-14/h1-3,5-6,8-9,11,16,20H,4,7,10,12-13H2. The van der Waals surface area contributed by atoms with E-state index >= 15 is 0 Å². The third-order valence-electron chi connectivity index (χ3n) is 4.27. The number of hydrogen-bond donors (Lipinski definition) is 1. The average molecular weight is 390 g/mol. The van der Waals surface area contributed by atoms with Crippen LogP contribution in [0.5, 0.6) is 0 Å². The molecule has 0 amide bonds. The van der Waals surface area contributed by atoms with Crippen LogP contribution in [0, 0.1) is 10.1 Å². The zero-order chi connectivity index (χ0) is 16.9. The number of nitro groups is 1. The molecule has 0 bridgehead atoms. The largest absolute Gasteiger partial charge is 0.375 e. The third kappa shape index (κ3) is 4.33. The Bertz CT molecular complexity index is 709. The lowest BCUT2D eigenvalue weighted by atomic mass is 10.0. The Morgan fingerprint density at radius 2 is 2.04 bits per heavy atom. The van der Waals surface area contributed by atoms with E-state index in [0.29, 0.717) is 5.69 Å². The van der Waals surface area contributed by atoms with Crippen molar-refractivity contribution in [3.8, 4) is 0 Å². The fourth-order valence-corrected chi connectivity index (χ4v) is 3.52. The molecule has 1 N–H and O–H groups in total. The van der Waals surface area contributed by atoms with Crippen molar-refractivity contribution in [1.29, 1.82) is 0 Å². The Labute approximate surface area is 150 Å². The van der Waals surface area contributed by atoms with E-state index in [2.05, 4.69) is 50.4 Å². The Morgan fingerprint density at radius 3 is 2.79 bits per heavy atom. The number of rotatable bonds is 5. The molecule has 1 atom stereocenters. The number of nitrogens with zero attached hydrogens (tertiary/aromatic N) is 2. The lowest BCUT2D eigenvalue weighted by molar-refractivity contribution is -0.384. The van der Waals surface area contributed by atoms with Crippen molar-refractivity contribution in [1.82, 2.24) is 4.90 Å². The zero-order valence-electron chi connectivity index (χ0n) is 13.3. The molecule has 2 aromatic rings. The van der Waals surface area contributed by atoms with Crippen molar-refractivity contribution < 1.29 is 4.92 Å². The van der Waals surface area contributed by atoms with Crippen molar-refractivity contribution >= 4 is 27.3 Å². The number of likely N-dealkylation sites (tertiary alicyclic amines) is 1. The molecule has 2 aromatic carbocycles. The molecule has 1 heterocycles. The van der Waals surface area contributed by atoms with Crippen LogP contribution in [-0.2, 0) is 6.54 Å². The molecular weight excluding hydrogens is 370 g/mol. The van der Waals surface area contributed by atoms with E-state index in [-0.39, 0.29) is 16.7 Å². The molecule has 0 aromatic heterocycles. The topological polar surface area (TPSA) is 58.4 Å². The van der Waals surface area contributed by atoms with E-state index < -0.39 is 0 Å². The maximum absolute atomic E-state index is 11.2. The van der Waals surface area contributed by atoms with E-state index in [1.807, 2.05) is 6.07 Å². The van der Waals surface area contributed by atoms with Crippen molar-refractivity contribution in [2.75, 3.05) is 18.4 Å². The summed E-state index contributed by atoms with van der Waals surface area (Å²) in [4.78, 5) is 13.3. The average Bonchev–Trinajstić information content (AvgIpc) is 2.56. The van der Waals surface area contributed by atoms with Gasteiger partial charge in [-0.1, -0.05) is 46.3 Å². The minimum atomic E-state index is -0.334. The minimum absolute atomic E-state index is 0.124. The second-order valence-electron chi connectivity index (χ2n) is 6.12. The highest BCUT2D eigenvalue weighted by atomic mass is 79.9. The third-order valence-corrected chi connectivity index (χ3v) is 4.76. The number of nitrogens with one attached hydrogen (secondary N) is 1.